The minimum Gasteiger partial charge on any atom is -0.464 e. The van der Waals surface area contributed by atoms with E-state index in [0.717, 1.165) is 4.88 Å². The van der Waals surface area contributed by atoms with Crippen molar-refractivity contribution < 1.29 is 14.5 Å². The van der Waals surface area contributed by atoms with Gasteiger partial charge in [-0.05, 0) is 23.7 Å². The van der Waals surface area contributed by atoms with Gasteiger partial charge in [-0.25, -0.2) is 14.2 Å². The number of nitro groups is 1. The monoisotopic (exact) mass is 308 g/mol. The number of hydrogen-bond donors (Lipinski definition) is 1. The van der Waals surface area contributed by atoms with Crippen LogP contribution in [0, 0.1) is 10.1 Å². The normalized spacial score (nSPS) is 10.1. The van der Waals surface area contributed by atoms with Crippen molar-refractivity contribution in [1.82, 2.24) is 9.36 Å². The van der Waals surface area contributed by atoms with Crippen LogP contribution in [-0.2, 0) is 11.2 Å². The Bertz CT molecular complexity index is 645. The molecule has 1 N–H and O–H groups in total. The van der Waals surface area contributed by atoms with Crippen LogP contribution >= 0.6 is 11.5 Å². The Morgan fingerprint density at radius 1 is 1.48 bits per heavy atom. The van der Waals surface area contributed by atoms with E-state index in [1.807, 2.05) is 6.07 Å². The van der Waals surface area contributed by atoms with E-state index in [4.69, 9.17) is 0 Å². The minimum atomic E-state index is -0.643. The van der Waals surface area contributed by atoms with E-state index < -0.39 is 10.9 Å². The molecule has 0 fully saturated rings. The Hall–Kier alpha value is -2.55. The molecule has 2 aromatic heterocycles. The van der Waals surface area contributed by atoms with Crippen LogP contribution in [0.4, 0.5) is 11.5 Å². The molecule has 0 atom stereocenters. The molecule has 8 nitrogen and oxygen atoms in total. The van der Waals surface area contributed by atoms with Crippen molar-refractivity contribution in [2.75, 3.05) is 19.0 Å². The molecule has 0 unspecified atom stereocenters. The van der Waals surface area contributed by atoms with E-state index in [9.17, 15) is 14.9 Å². The molecule has 0 saturated heterocycles. The average Bonchev–Trinajstić information content (AvgIpc) is 2.99. The molecule has 0 bridgehead atoms. The van der Waals surface area contributed by atoms with Gasteiger partial charge < -0.3 is 10.1 Å². The molecular formula is C12H12N4O4S. The number of rotatable bonds is 6. The molecule has 0 aliphatic carbocycles. The molecular weight excluding hydrogens is 296 g/mol. The first-order chi connectivity index (χ1) is 10.1. The van der Waals surface area contributed by atoms with E-state index in [1.165, 1.54) is 30.8 Å². The van der Waals surface area contributed by atoms with Crippen molar-refractivity contribution in [1.29, 1.82) is 0 Å². The van der Waals surface area contributed by atoms with E-state index in [2.05, 4.69) is 19.4 Å². The fourth-order valence-corrected chi connectivity index (χ4v) is 2.19. The number of nitrogens with one attached hydrogen (secondary N) is 1. The topological polar surface area (TPSA) is 107 Å². The number of anilines is 1. The lowest BCUT2D eigenvalue weighted by molar-refractivity contribution is -0.384. The second-order valence-electron chi connectivity index (χ2n) is 3.97. The summed E-state index contributed by atoms with van der Waals surface area (Å²) in [6.45, 7) is 0.445. The third-order valence-electron chi connectivity index (χ3n) is 2.62. The Morgan fingerprint density at radius 3 is 2.90 bits per heavy atom. The second-order valence-corrected chi connectivity index (χ2v) is 4.89. The Kier molecular flexibility index (Phi) is 4.77. The summed E-state index contributed by atoms with van der Waals surface area (Å²) < 4.78 is 8.52. The van der Waals surface area contributed by atoms with Crippen molar-refractivity contribution in [2.24, 2.45) is 0 Å². The van der Waals surface area contributed by atoms with Gasteiger partial charge in [0.25, 0.3) is 0 Å². The van der Waals surface area contributed by atoms with Crippen LogP contribution < -0.4 is 5.32 Å². The molecule has 2 rings (SSSR count). The molecule has 0 amide bonds. The maximum atomic E-state index is 11.4. The molecule has 2 aromatic rings. The lowest BCUT2D eigenvalue weighted by atomic mass is 10.3. The van der Waals surface area contributed by atoms with Crippen LogP contribution in [0.15, 0.2) is 24.4 Å². The van der Waals surface area contributed by atoms with Gasteiger partial charge in [-0.3, -0.25) is 10.1 Å². The fraction of sp³-hybridized carbons (Fsp3) is 0.250. The molecule has 2 heterocycles. The predicted molar refractivity (Wildman–Crippen MR) is 76.5 cm³/mol. The van der Waals surface area contributed by atoms with Gasteiger partial charge >= 0.3 is 11.7 Å². The predicted octanol–water partition coefficient (Wildman–Crippen LogP) is 1.89. The molecule has 0 aliphatic heterocycles. The zero-order chi connectivity index (χ0) is 15.2. The summed E-state index contributed by atoms with van der Waals surface area (Å²) in [6, 6.07) is 4.37. The number of pyridine rings is 1. The number of carbonyl (C=O) groups is 1. The summed E-state index contributed by atoms with van der Waals surface area (Å²) in [5, 5.41) is 13.8. The number of carbonyl (C=O) groups excluding carboxylic acids is 1. The number of aromatic nitrogens is 2. The average molecular weight is 308 g/mol. The fourth-order valence-electron chi connectivity index (χ4n) is 1.62. The Labute approximate surface area is 124 Å². The Balaban J connectivity index is 2.14. The van der Waals surface area contributed by atoms with E-state index in [1.54, 1.807) is 6.20 Å². The van der Waals surface area contributed by atoms with Crippen molar-refractivity contribution in [3.05, 3.63) is 45.1 Å². The van der Waals surface area contributed by atoms with Crippen LogP contribution in [0.3, 0.4) is 0 Å². The van der Waals surface area contributed by atoms with Crippen LogP contribution in [0.25, 0.3) is 0 Å². The standard InChI is InChI=1S/C12H12N4O4S/c1-20-12(17)9-2-3-10(16(18)19)11(15-9)13-6-4-8-5-7-14-21-8/h2-3,5,7H,4,6H2,1H3,(H,13,15). The van der Waals surface area contributed by atoms with Gasteiger partial charge in [0.05, 0.1) is 12.0 Å². The van der Waals surface area contributed by atoms with Crippen LogP contribution in [0.2, 0.25) is 0 Å². The quantitative estimate of drug-likeness (QED) is 0.493. The molecule has 0 saturated carbocycles. The van der Waals surface area contributed by atoms with Crippen molar-refractivity contribution in [2.45, 2.75) is 6.42 Å². The summed E-state index contributed by atoms with van der Waals surface area (Å²) in [4.78, 5) is 26.8. The number of esters is 1. The highest BCUT2D eigenvalue weighted by molar-refractivity contribution is 7.05. The molecule has 21 heavy (non-hydrogen) atoms. The first-order valence-electron chi connectivity index (χ1n) is 5.99. The molecule has 9 heteroatoms. The van der Waals surface area contributed by atoms with Gasteiger partial charge in [0, 0.05) is 30.1 Å². The lowest BCUT2D eigenvalue weighted by Gasteiger charge is -2.07. The highest BCUT2D eigenvalue weighted by Crippen LogP contribution is 2.22. The van der Waals surface area contributed by atoms with Crippen LogP contribution in [0.1, 0.15) is 15.4 Å². The third-order valence-corrected chi connectivity index (χ3v) is 3.42. The number of nitrogens with zero attached hydrogens (tertiary/aromatic N) is 3. The number of methoxy groups -OCH3 is 1. The van der Waals surface area contributed by atoms with Gasteiger partial charge in [-0.2, -0.15) is 0 Å². The highest BCUT2D eigenvalue weighted by atomic mass is 32.1. The van der Waals surface area contributed by atoms with Gasteiger partial charge in [0.15, 0.2) is 5.69 Å². The first-order valence-corrected chi connectivity index (χ1v) is 6.76. The summed E-state index contributed by atoms with van der Waals surface area (Å²) in [5.41, 5.74) is -0.171. The first kappa shape index (κ1) is 14.9. The van der Waals surface area contributed by atoms with Gasteiger partial charge in [-0.1, -0.05) is 0 Å². The zero-order valence-electron chi connectivity index (χ0n) is 11.1. The number of ether oxygens (including phenoxy) is 1. The van der Waals surface area contributed by atoms with E-state index in [-0.39, 0.29) is 17.2 Å². The summed E-state index contributed by atoms with van der Waals surface area (Å²) in [6.07, 6.45) is 2.35. The summed E-state index contributed by atoms with van der Waals surface area (Å²) >= 11 is 1.36. The van der Waals surface area contributed by atoms with Gasteiger partial charge in [-0.15, -0.1) is 0 Å². The molecule has 0 aliphatic rings. The molecule has 0 aromatic carbocycles. The lowest BCUT2D eigenvalue weighted by Crippen LogP contribution is -2.11. The largest absolute Gasteiger partial charge is 0.464 e. The Morgan fingerprint density at radius 2 is 2.29 bits per heavy atom. The van der Waals surface area contributed by atoms with Crippen molar-refractivity contribution in [3.63, 3.8) is 0 Å². The SMILES string of the molecule is COC(=O)c1ccc([N+](=O)[O-])c(NCCc2ccns2)n1. The summed E-state index contributed by atoms with van der Waals surface area (Å²) in [7, 11) is 1.22. The summed E-state index contributed by atoms with van der Waals surface area (Å²) in [5.74, 6) is -0.595. The third kappa shape index (κ3) is 3.72. The van der Waals surface area contributed by atoms with Crippen LogP contribution in [-0.4, -0.2) is 33.9 Å². The van der Waals surface area contributed by atoms with Crippen molar-refractivity contribution >= 4 is 29.0 Å². The maximum absolute atomic E-state index is 11.4. The highest BCUT2D eigenvalue weighted by Gasteiger charge is 2.18. The van der Waals surface area contributed by atoms with Gasteiger partial charge in [0.1, 0.15) is 0 Å². The second kappa shape index (κ2) is 6.75. The van der Waals surface area contributed by atoms with E-state index in [0.29, 0.717) is 13.0 Å². The maximum Gasteiger partial charge on any atom is 0.356 e. The van der Waals surface area contributed by atoms with E-state index >= 15 is 0 Å². The van der Waals surface area contributed by atoms with Gasteiger partial charge in [0.2, 0.25) is 5.82 Å². The number of hydrogen-bond acceptors (Lipinski definition) is 8. The molecule has 0 radical (unpaired) electrons. The molecule has 0 spiro atoms. The van der Waals surface area contributed by atoms with Crippen LogP contribution in [0.5, 0.6) is 0 Å². The smallest absolute Gasteiger partial charge is 0.356 e. The minimum absolute atomic E-state index is 0.0170. The molecule has 110 valence electrons. The zero-order valence-corrected chi connectivity index (χ0v) is 11.9. The van der Waals surface area contributed by atoms with Crippen molar-refractivity contribution in [3.8, 4) is 0 Å².